The van der Waals surface area contributed by atoms with Crippen molar-refractivity contribution >= 4 is 24.0 Å². The summed E-state index contributed by atoms with van der Waals surface area (Å²) in [5.74, 6) is 1.66. The van der Waals surface area contributed by atoms with Gasteiger partial charge in [0.2, 0.25) is 6.41 Å². The second-order valence-electron chi connectivity index (χ2n) is 10.3. The van der Waals surface area contributed by atoms with Crippen LogP contribution in [0.15, 0.2) is 30.5 Å². The number of hydrogen-bond acceptors (Lipinski definition) is 9. The summed E-state index contributed by atoms with van der Waals surface area (Å²) < 4.78 is 12.8. The van der Waals surface area contributed by atoms with Gasteiger partial charge >= 0.3 is 11.9 Å². The lowest BCUT2D eigenvalue weighted by Gasteiger charge is -2.37. The Morgan fingerprint density at radius 3 is 2.70 bits per heavy atom. The topological polar surface area (TPSA) is 156 Å². The number of hydrogen-bond donors (Lipinski definition) is 1. The Morgan fingerprint density at radius 2 is 2.08 bits per heavy atom. The van der Waals surface area contributed by atoms with E-state index in [9.17, 15) is 24.5 Å². The second-order valence-corrected chi connectivity index (χ2v) is 10.3. The minimum absolute atomic E-state index is 0.0281. The first-order valence-electron chi connectivity index (χ1n) is 13.4. The molecule has 1 saturated heterocycles. The maximum Gasteiger partial charge on any atom is 0.328 e. The molecule has 214 valence electrons. The van der Waals surface area contributed by atoms with Crippen LogP contribution in [0.25, 0.3) is 5.69 Å². The number of terminal acetylenes is 1. The summed E-state index contributed by atoms with van der Waals surface area (Å²) in [5, 5.41) is 21.7. The SMILES string of the molecule is C#CCCCC[C@@H]1C(=O)O[C@H]1C[C@H](CCc1cn(-c2ccc([N+](=O)[O-])cc2)nn1)OC(=O)[C@H](CC(C)C)NC=O. The number of rotatable bonds is 17. The van der Waals surface area contributed by atoms with Crippen molar-refractivity contribution in [3.63, 3.8) is 0 Å². The standard InChI is InChI=1S/C28H35N5O7/c1-4-5-6-7-8-24-26(40-27(24)35)16-23(39-28(36)25(29-18-34)15-19(2)3)14-9-20-17-32(31-30-20)21-10-12-22(13-11-21)33(37)38/h1,10-13,17-19,23-26H,5-9,14-16H2,2-3H3,(H,29,34)/t23-,24-,25-,26-/m0/s1. The highest BCUT2D eigenvalue weighted by Crippen LogP contribution is 2.32. The molecular formula is C28H35N5O7. The monoisotopic (exact) mass is 553 g/mol. The van der Waals surface area contributed by atoms with Crippen LogP contribution in [0.5, 0.6) is 0 Å². The molecular weight excluding hydrogens is 518 g/mol. The van der Waals surface area contributed by atoms with Crippen LogP contribution >= 0.6 is 0 Å². The van der Waals surface area contributed by atoms with E-state index in [0.29, 0.717) is 56.3 Å². The van der Waals surface area contributed by atoms with Crippen LogP contribution in [-0.4, -0.2) is 56.5 Å². The molecule has 2 aromatic rings. The van der Waals surface area contributed by atoms with Crippen molar-refractivity contribution < 1.29 is 28.8 Å². The number of carbonyl (C=O) groups is 3. The van der Waals surface area contributed by atoms with E-state index in [-0.39, 0.29) is 29.6 Å². The molecule has 0 unspecified atom stereocenters. The van der Waals surface area contributed by atoms with E-state index in [0.717, 1.165) is 12.8 Å². The van der Waals surface area contributed by atoms with E-state index in [1.807, 2.05) is 13.8 Å². The zero-order chi connectivity index (χ0) is 29.1. The summed E-state index contributed by atoms with van der Waals surface area (Å²) in [6.45, 7) is 3.88. The first kappa shape index (κ1) is 30.3. The fourth-order valence-corrected chi connectivity index (χ4v) is 4.60. The molecule has 1 N–H and O–H groups in total. The lowest BCUT2D eigenvalue weighted by Crippen LogP contribution is -2.48. The van der Waals surface area contributed by atoms with Gasteiger partial charge in [-0.25, -0.2) is 9.48 Å². The number of nitro groups is 1. The van der Waals surface area contributed by atoms with Gasteiger partial charge in [-0.2, -0.15) is 0 Å². The molecule has 1 fully saturated rings. The van der Waals surface area contributed by atoms with Gasteiger partial charge < -0.3 is 14.8 Å². The van der Waals surface area contributed by atoms with Crippen LogP contribution < -0.4 is 5.32 Å². The quantitative estimate of drug-likeness (QED) is 0.0775. The van der Waals surface area contributed by atoms with Crippen LogP contribution in [-0.2, 0) is 30.3 Å². The maximum absolute atomic E-state index is 13.0. The third-order valence-corrected chi connectivity index (χ3v) is 6.73. The minimum Gasteiger partial charge on any atom is -0.461 e. The Balaban J connectivity index is 1.68. The second kappa shape index (κ2) is 14.8. The van der Waals surface area contributed by atoms with E-state index in [1.54, 1.807) is 18.3 Å². The van der Waals surface area contributed by atoms with E-state index in [2.05, 4.69) is 21.5 Å². The van der Waals surface area contributed by atoms with Gasteiger partial charge in [0.25, 0.3) is 5.69 Å². The number of non-ortho nitro benzene ring substituents is 1. The molecule has 0 bridgehead atoms. The van der Waals surface area contributed by atoms with Gasteiger partial charge in [-0.1, -0.05) is 25.5 Å². The predicted molar refractivity (Wildman–Crippen MR) is 144 cm³/mol. The number of unbranched alkanes of at least 4 members (excludes halogenated alkanes) is 2. The fraction of sp³-hybridized carbons (Fsp3) is 0.536. The molecule has 1 aliphatic heterocycles. The third-order valence-electron chi connectivity index (χ3n) is 6.73. The molecule has 0 radical (unpaired) electrons. The average molecular weight is 554 g/mol. The number of nitrogens with one attached hydrogen (secondary N) is 1. The summed E-state index contributed by atoms with van der Waals surface area (Å²) in [6.07, 6.45) is 11.0. The highest BCUT2D eigenvalue weighted by Gasteiger charge is 2.43. The van der Waals surface area contributed by atoms with Gasteiger partial charge in [-0.15, -0.1) is 17.4 Å². The van der Waals surface area contributed by atoms with Gasteiger partial charge in [0.05, 0.1) is 28.4 Å². The number of nitro benzene ring substituents is 1. The summed E-state index contributed by atoms with van der Waals surface area (Å²) >= 11 is 0. The molecule has 1 aromatic heterocycles. The fourth-order valence-electron chi connectivity index (χ4n) is 4.60. The number of ether oxygens (including phenoxy) is 2. The van der Waals surface area contributed by atoms with Crippen LogP contribution in [0.3, 0.4) is 0 Å². The number of benzene rings is 1. The van der Waals surface area contributed by atoms with E-state index < -0.39 is 23.0 Å². The Kier molecular flexibility index (Phi) is 11.2. The highest BCUT2D eigenvalue weighted by molar-refractivity contribution is 5.79. The number of carbonyl (C=O) groups excluding carboxylic acids is 3. The lowest BCUT2D eigenvalue weighted by atomic mass is 9.86. The van der Waals surface area contributed by atoms with Crippen LogP contribution in [0.1, 0.15) is 64.5 Å². The Bertz CT molecular complexity index is 1200. The minimum atomic E-state index is -0.786. The number of aryl methyl sites for hydroxylation is 1. The van der Waals surface area contributed by atoms with E-state index in [1.165, 1.54) is 16.8 Å². The molecule has 0 spiro atoms. The smallest absolute Gasteiger partial charge is 0.328 e. The van der Waals surface area contributed by atoms with E-state index >= 15 is 0 Å². The van der Waals surface area contributed by atoms with Crippen molar-refractivity contribution in [2.45, 2.75) is 83.5 Å². The van der Waals surface area contributed by atoms with E-state index in [4.69, 9.17) is 15.9 Å². The molecule has 12 heteroatoms. The molecule has 3 rings (SSSR count). The normalized spacial score (nSPS) is 17.7. The van der Waals surface area contributed by atoms with Crippen molar-refractivity contribution in [1.82, 2.24) is 20.3 Å². The zero-order valence-electron chi connectivity index (χ0n) is 22.7. The lowest BCUT2D eigenvalue weighted by molar-refractivity contribution is -0.384. The van der Waals surface area contributed by atoms with Crippen molar-refractivity contribution in [1.29, 1.82) is 0 Å². The molecule has 0 aliphatic carbocycles. The first-order chi connectivity index (χ1) is 19.2. The summed E-state index contributed by atoms with van der Waals surface area (Å²) in [4.78, 5) is 46.6. The van der Waals surface area contributed by atoms with Crippen molar-refractivity contribution in [3.05, 3.63) is 46.3 Å². The highest BCUT2D eigenvalue weighted by atomic mass is 16.6. The maximum atomic E-state index is 13.0. The summed E-state index contributed by atoms with van der Waals surface area (Å²) in [7, 11) is 0. The molecule has 2 heterocycles. The Labute approximate surface area is 232 Å². The molecule has 1 amide bonds. The molecule has 1 aliphatic rings. The van der Waals surface area contributed by atoms with Crippen molar-refractivity contribution in [2.24, 2.45) is 11.8 Å². The number of esters is 2. The van der Waals surface area contributed by atoms with Gasteiger partial charge in [0.15, 0.2) is 0 Å². The van der Waals surface area contributed by atoms with Gasteiger partial charge in [-0.3, -0.25) is 19.7 Å². The van der Waals surface area contributed by atoms with Gasteiger partial charge in [0.1, 0.15) is 18.2 Å². The Hall–Kier alpha value is -4.27. The van der Waals surface area contributed by atoms with Crippen LogP contribution in [0, 0.1) is 34.3 Å². The molecule has 0 saturated carbocycles. The summed E-state index contributed by atoms with van der Waals surface area (Å²) in [6, 6.07) is 5.13. The summed E-state index contributed by atoms with van der Waals surface area (Å²) in [5.41, 5.74) is 1.21. The number of amides is 1. The molecule has 12 nitrogen and oxygen atoms in total. The zero-order valence-corrected chi connectivity index (χ0v) is 22.7. The Morgan fingerprint density at radius 1 is 1.32 bits per heavy atom. The molecule has 1 aromatic carbocycles. The van der Waals surface area contributed by atoms with Crippen LogP contribution in [0.4, 0.5) is 5.69 Å². The molecule has 40 heavy (non-hydrogen) atoms. The van der Waals surface area contributed by atoms with Gasteiger partial charge in [-0.05, 0) is 50.2 Å². The largest absolute Gasteiger partial charge is 0.461 e. The first-order valence-corrected chi connectivity index (χ1v) is 13.4. The molecule has 4 atom stereocenters. The predicted octanol–water partition coefficient (Wildman–Crippen LogP) is 3.31. The van der Waals surface area contributed by atoms with Crippen molar-refractivity contribution in [2.75, 3.05) is 0 Å². The number of nitrogens with zero attached hydrogens (tertiary/aromatic N) is 4. The number of cyclic esters (lactones) is 1. The number of aromatic nitrogens is 3. The third kappa shape index (κ3) is 8.62. The van der Waals surface area contributed by atoms with Gasteiger partial charge in [0, 0.05) is 25.0 Å². The average Bonchev–Trinajstić information content (AvgIpc) is 3.40. The van der Waals surface area contributed by atoms with Crippen LogP contribution in [0.2, 0.25) is 0 Å². The van der Waals surface area contributed by atoms with Crippen molar-refractivity contribution in [3.8, 4) is 18.0 Å².